The molecule has 0 saturated heterocycles. The van der Waals surface area contributed by atoms with Crippen LogP contribution in [-0.4, -0.2) is 37.7 Å². The van der Waals surface area contributed by atoms with Gasteiger partial charge in [-0.3, -0.25) is 9.68 Å². The number of hydrogen-bond acceptors (Lipinski definition) is 6. The van der Waals surface area contributed by atoms with Crippen LogP contribution in [0.3, 0.4) is 0 Å². The van der Waals surface area contributed by atoms with E-state index < -0.39 is 23.1 Å². The Morgan fingerprint density at radius 3 is 2.14 bits per heavy atom. The summed E-state index contributed by atoms with van der Waals surface area (Å²) in [5, 5.41) is -0.609. The zero-order valence-corrected chi connectivity index (χ0v) is 9.42. The molecule has 0 aliphatic heterocycles. The first-order valence-electron chi connectivity index (χ1n) is 3.93. The predicted octanol–water partition coefficient (Wildman–Crippen LogP) is 0.632. The van der Waals surface area contributed by atoms with Gasteiger partial charge in [-0.05, 0) is 6.26 Å². The highest BCUT2D eigenvalue weighted by Crippen LogP contribution is 2.19. The summed E-state index contributed by atoms with van der Waals surface area (Å²) in [6, 6.07) is 0. The average Bonchev–Trinajstić information content (AvgIpc) is 2.18. The standard InChI is InChI=1S/C8H14O5S/c1-5(7(9)11-2)6(14-4)8(10)13-12-3/h5-6H,1-4H3. The Labute approximate surface area is 87.0 Å². The lowest BCUT2D eigenvalue weighted by molar-refractivity contribution is -0.255. The average molecular weight is 222 g/mol. The molecular weight excluding hydrogens is 208 g/mol. The molecule has 0 heterocycles. The van der Waals surface area contributed by atoms with Crippen LogP contribution < -0.4 is 0 Å². The molecule has 0 aliphatic carbocycles. The van der Waals surface area contributed by atoms with E-state index in [-0.39, 0.29) is 0 Å². The van der Waals surface area contributed by atoms with Crippen molar-refractivity contribution in [2.24, 2.45) is 5.92 Å². The Morgan fingerprint density at radius 1 is 1.21 bits per heavy atom. The molecule has 0 saturated carbocycles. The maximum Gasteiger partial charge on any atom is 0.356 e. The van der Waals surface area contributed by atoms with E-state index in [0.29, 0.717) is 0 Å². The summed E-state index contributed by atoms with van der Waals surface area (Å²) >= 11 is 1.21. The summed E-state index contributed by atoms with van der Waals surface area (Å²) in [4.78, 5) is 31.0. The van der Waals surface area contributed by atoms with Gasteiger partial charge in [-0.25, -0.2) is 4.79 Å². The molecule has 0 fully saturated rings. The Bertz CT molecular complexity index is 206. The monoisotopic (exact) mass is 222 g/mol. The maximum absolute atomic E-state index is 11.3. The number of thioether (sulfide) groups is 1. The smallest absolute Gasteiger partial charge is 0.356 e. The van der Waals surface area contributed by atoms with Crippen molar-refractivity contribution < 1.29 is 24.1 Å². The summed E-state index contributed by atoms with van der Waals surface area (Å²) in [5.74, 6) is -1.59. The second-order valence-electron chi connectivity index (χ2n) is 2.54. The van der Waals surface area contributed by atoms with Crippen molar-refractivity contribution in [2.45, 2.75) is 12.2 Å². The van der Waals surface area contributed by atoms with Gasteiger partial charge >= 0.3 is 11.9 Å². The first kappa shape index (κ1) is 13.2. The van der Waals surface area contributed by atoms with Gasteiger partial charge in [0.1, 0.15) is 5.25 Å². The fraction of sp³-hybridized carbons (Fsp3) is 0.750. The number of carbonyl (C=O) groups is 2. The molecule has 0 aromatic heterocycles. The lowest BCUT2D eigenvalue weighted by Gasteiger charge is -2.16. The van der Waals surface area contributed by atoms with Crippen LogP contribution in [0.5, 0.6) is 0 Å². The predicted molar refractivity (Wildman–Crippen MR) is 51.6 cm³/mol. The zero-order chi connectivity index (χ0) is 11.1. The maximum atomic E-state index is 11.3. The van der Waals surface area contributed by atoms with Gasteiger partial charge in [0.05, 0.1) is 20.1 Å². The van der Waals surface area contributed by atoms with Crippen LogP contribution in [0, 0.1) is 5.92 Å². The highest BCUT2D eigenvalue weighted by Gasteiger charge is 2.32. The van der Waals surface area contributed by atoms with Gasteiger partial charge in [0, 0.05) is 0 Å². The number of carbonyl (C=O) groups excluding carboxylic acids is 2. The highest BCUT2D eigenvalue weighted by molar-refractivity contribution is 7.99. The van der Waals surface area contributed by atoms with E-state index in [2.05, 4.69) is 14.5 Å². The van der Waals surface area contributed by atoms with Crippen LogP contribution >= 0.6 is 11.8 Å². The molecule has 6 heteroatoms. The number of esters is 1. The summed E-state index contributed by atoms with van der Waals surface area (Å²) in [7, 11) is 2.51. The minimum absolute atomic E-state index is 0.447. The molecule has 0 amide bonds. The molecule has 0 spiro atoms. The van der Waals surface area contributed by atoms with Crippen LogP contribution in [0.25, 0.3) is 0 Å². The van der Waals surface area contributed by atoms with Gasteiger partial charge < -0.3 is 4.74 Å². The van der Waals surface area contributed by atoms with Gasteiger partial charge in [0.15, 0.2) is 0 Å². The summed E-state index contributed by atoms with van der Waals surface area (Å²) in [6.45, 7) is 1.60. The molecule has 0 aliphatic rings. The van der Waals surface area contributed by atoms with Crippen LogP contribution in [0.4, 0.5) is 0 Å². The van der Waals surface area contributed by atoms with Crippen molar-refractivity contribution in [1.29, 1.82) is 0 Å². The Balaban J connectivity index is 4.39. The van der Waals surface area contributed by atoms with Crippen LogP contribution in [0.1, 0.15) is 6.92 Å². The SMILES string of the molecule is COOC(=O)C(SC)C(C)C(=O)OC. The Kier molecular flexibility index (Phi) is 6.31. The largest absolute Gasteiger partial charge is 0.469 e. The number of hydrogen-bond donors (Lipinski definition) is 0. The molecule has 2 unspecified atom stereocenters. The van der Waals surface area contributed by atoms with E-state index in [0.717, 1.165) is 0 Å². The van der Waals surface area contributed by atoms with Crippen molar-refractivity contribution in [1.82, 2.24) is 0 Å². The molecule has 0 aromatic carbocycles. The normalized spacial score (nSPS) is 14.3. The Hall–Kier alpha value is -0.750. The van der Waals surface area contributed by atoms with Crippen molar-refractivity contribution >= 4 is 23.7 Å². The summed E-state index contributed by atoms with van der Waals surface area (Å²) in [6.07, 6.45) is 1.71. The number of rotatable bonds is 5. The lowest BCUT2D eigenvalue weighted by atomic mass is 10.1. The molecule has 0 bridgehead atoms. The van der Waals surface area contributed by atoms with Crippen molar-refractivity contribution in [2.75, 3.05) is 20.5 Å². The van der Waals surface area contributed by atoms with Gasteiger partial charge in [-0.1, -0.05) is 6.92 Å². The van der Waals surface area contributed by atoms with E-state index in [1.807, 2.05) is 0 Å². The fourth-order valence-electron chi connectivity index (χ4n) is 0.944. The quantitative estimate of drug-likeness (QED) is 0.386. The molecule has 0 N–H and O–H groups in total. The first-order valence-corrected chi connectivity index (χ1v) is 5.22. The van der Waals surface area contributed by atoms with Gasteiger partial charge in [-0.15, -0.1) is 11.8 Å². The van der Waals surface area contributed by atoms with E-state index in [1.54, 1.807) is 13.2 Å². The van der Waals surface area contributed by atoms with Crippen LogP contribution in [0.15, 0.2) is 0 Å². The van der Waals surface area contributed by atoms with Crippen molar-refractivity contribution in [3.63, 3.8) is 0 Å². The highest BCUT2D eigenvalue weighted by atomic mass is 32.2. The van der Waals surface area contributed by atoms with Gasteiger partial charge in [-0.2, -0.15) is 4.89 Å². The van der Waals surface area contributed by atoms with Gasteiger partial charge in [0.2, 0.25) is 0 Å². The molecule has 14 heavy (non-hydrogen) atoms. The fourth-order valence-corrected chi connectivity index (χ4v) is 1.69. The molecular formula is C8H14O5S. The van der Waals surface area contributed by atoms with Crippen molar-refractivity contribution in [3.8, 4) is 0 Å². The van der Waals surface area contributed by atoms with E-state index in [1.165, 1.54) is 26.0 Å². The molecule has 0 rings (SSSR count). The third kappa shape index (κ3) is 3.55. The molecule has 82 valence electrons. The second-order valence-corrected chi connectivity index (χ2v) is 3.52. The third-order valence-electron chi connectivity index (χ3n) is 1.68. The van der Waals surface area contributed by atoms with Gasteiger partial charge in [0.25, 0.3) is 0 Å². The number of ether oxygens (including phenoxy) is 1. The molecule has 2 atom stereocenters. The minimum Gasteiger partial charge on any atom is -0.469 e. The third-order valence-corrected chi connectivity index (χ3v) is 2.79. The first-order chi connectivity index (χ1) is 6.58. The van der Waals surface area contributed by atoms with E-state index in [9.17, 15) is 9.59 Å². The minimum atomic E-state index is -0.609. The molecule has 0 aromatic rings. The zero-order valence-electron chi connectivity index (χ0n) is 8.60. The molecule has 5 nitrogen and oxygen atoms in total. The summed E-state index contributed by atoms with van der Waals surface area (Å²) < 4.78 is 4.52. The van der Waals surface area contributed by atoms with Crippen LogP contribution in [-0.2, 0) is 24.1 Å². The van der Waals surface area contributed by atoms with Crippen LogP contribution in [0.2, 0.25) is 0 Å². The van der Waals surface area contributed by atoms with E-state index >= 15 is 0 Å². The van der Waals surface area contributed by atoms with E-state index in [4.69, 9.17) is 0 Å². The topological polar surface area (TPSA) is 61.8 Å². The second kappa shape index (κ2) is 6.67. The number of methoxy groups -OCH3 is 1. The lowest BCUT2D eigenvalue weighted by Crippen LogP contribution is -2.32. The van der Waals surface area contributed by atoms with Crippen molar-refractivity contribution in [3.05, 3.63) is 0 Å². The Morgan fingerprint density at radius 2 is 1.79 bits per heavy atom. The molecule has 0 radical (unpaired) electrons. The summed E-state index contributed by atoms with van der Waals surface area (Å²) in [5.41, 5.74) is 0.